The Balaban J connectivity index is 1.50. The molecule has 5 nitrogen and oxygen atoms in total. The Bertz CT molecular complexity index is 701. The number of hydrogen-bond donors (Lipinski definition) is 1. The molecule has 0 atom stereocenters. The van der Waals surface area contributed by atoms with Gasteiger partial charge in [0.2, 0.25) is 0 Å². The lowest BCUT2D eigenvalue weighted by Crippen LogP contribution is -2.47. The summed E-state index contributed by atoms with van der Waals surface area (Å²) in [6, 6.07) is 7.54. The van der Waals surface area contributed by atoms with Gasteiger partial charge in [-0.15, -0.1) is 0 Å². The van der Waals surface area contributed by atoms with Crippen LogP contribution in [0.3, 0.4) is 0 Å². The Kier molecular flexibility index (Phi) is 6.99. The molecule has 29 heavy (non-hydrogen) atoms. The number of piperidine rings is 1. The molecule has 1 saturated heterocycles. The molecule has 0 unspecified atom stereocenters. The zero-order valence-corrected chi connectivity index (χ0v) is 18.5. The summed E-state index contributed by atoms with van der Waals surface area (Å²) in [6.45, 7) is 9.51. The van der Waals surface area contributed by atoms with Crippen molar-refractivity contribution in [3.8, 4) is 0 Å². The maximum Gasteiger partial charge on any atom is 0.321 e. The van der Waals surface area contributed by atoms with E-state index in [1.165, 1.54) is 19.4 Å². The summed E-state index contributed by atoms with van der Waals surface area (Å²) in [7, 11) is 1.89. The molecule has 1 aromatic rings. The summed E-state index contributed by atoms with van der Waals surface area (Å²) in [5.74, 6) is 1.09. The van der Waals surface area contributed by atoms with Gasteiger partial charge in [-0.05, 0) is 62.3 Å². The number of nitrogens with zero attached hydrogens (tertiary/aromatic N) is 2. The van der Waals surface area contributed by atoms with Crippen molar-refractivity contribution in [3.63, 3.8) is 0 Å². The average Bonchev–Trinajstić information content (AvgIpc) is 3.52. The maximum absolute atomic E-state index is 12.7. The fourth-order valence-corrected chi connectivity index (χ4v) is 4.37. The highest BCUT2D eigenvalue weighted by molar-refractivity contribution is 6.00. The van der Waals surface area contributed by atoms with Gasteiger partial charge in [0.05, 0.1) is 0 Å². The van der Waals surface area contributed by atoms with Gasteiger partial charge >= 0.3 is 6.03 Å². The Morgan fingerprint density at radius 1 is 1.10 bits per heavy atom. The number of ketones is 1. The van der Waals surface area contributed by atoms with E-state index in [9.17, 15) is 9.59 Å². The number of anilines is 1. The third-order valence-electron chi connectivity index (χ3n) is 6.53. The van der Waals surface area contributed by atoms with Gasteiger partial charge in [0.25, 0.3) is 0 Å². The van der Waals surface area contributed by atoms with E-state index in [0.717, 1.165) is 50.4 Å². The number of Topliss-reactive ketones (excluding diaryl/α,β-unsaturated/α-hetero) is 1. The van der Waals surface area contributed by atoms with E-state index in [-0.39, 0.29) is 17.2 Å². The van der Waals surface area contributed by atoms with Crippen molar-refractivity contribution in [1.82, 2.24) is 9.80 Å². The van der Waals surface area contributed by atoms with Gasteiger partial charge in [-0.1, -0.05) is 27.2 Å². The summed E-state index contributed by atoms with van der Waals surface area (Å²) in [5, 5.41) is 2.98. The number of carbonyl (C=O) groups is 2. The van der Waals surface area contributed by atoms with Crippen LogP contribution in [0, 0.1) is 11.3 Å². The van der Waals surface area contributed by atoms with Crippen LogP contribution in [0.25, 0.3) is 0 Å². The lowest BCUT2D eigenvalue weighted by Gasteiger charge is -2.36. The van der Waals surface area contributed by atoms with Gasteiger partial charge in [-0.2, -0.15) is 0 Å². The smallest absolute Gasteiger partial charge is 0.321 e. The number of urea groups is 1. The number of rotatable bonds is 8. The molecule has 1 aromatic carbocycles. The number of hydrogen-bond acceptors (Lipinski definition) is 3. The molecule has 0 spiro atoms. The second-order valence-electron chi connectivity index (χ2n) is 9.56. The molecule has 1 heterocycles. The monoisotopic (exact) mass is 399 g/mol. The molecule has 1 aliphatic heterocycles. The molecular formula is C24H37N3O2. The fourth-order valence-electron chi connectivity index (χ4n) is 4.37. The molecule has 5 heteroatoms. The summed E-state index contributed by atoms with van der Waals surface area (Å²) >= 11 is 0. The van der Waals surface area contributed by atoms with Crippen molar-refractivity contribution in [3.05, 3.63) is 29.8 Å². The standard InChI is InChI=1S/C24H37N3O2/c1-5-14-24(2,3)22(28)19-8-10-20(11-9-19)25-23(29)26(4)21-12-15-27(16-13-21)17-18-6-7-18/h8-11,18,21H,5-7,12-17H2,1-4H3,(H,25,29). The van der Waals surface area contributed by atoms with E-state index in [4.69, 9.17) is 0 Å². The number of carbonyl (C=O) groups excluding carboxylic acids is 2. The van der Waals surface area contributed by atoms with Gasteiger partial charge in [0.1, 0.15) is 0 Å². The summed E-state index contributed by atoms with van der Waals surface area (Å²) in [6.07, 6.45) is 6.71. The minimum absolute atomic E-state index is 0.0731. The number of benzene rings is 1. The highest BCUT2D eigenvalue weighted by Gasteiger charge is 2.30. The SMILES string of the molecule is CCCC(C)(C)C(=O)c1ccc(NC(=O)N(C)C2CCN(CC3CC3)CC2)cc1. The minimum atomic E-state index is -0.353. The predicted molar refractivity (Wildman–Crippen MR) is 118 cm³/mol. The Morgan fingerprint density at radius 3 is 2.28 bits per heavy atom. The van der Waals surface area contributed by atoms with Gasteiger partial charge in [-0.3, -0.25) is 4.79 Å². The molecule has 1 aliphatic carbocycles. The van der Waals surface area contributed by atoms with Crippen molar-refractivity contribution in [1.29, 1.82) is 0 Å². The van der Waals surface area contributed by atoms with Crippen LogP contribution in [0.4, 0.5) is 10.5 Å². The zero-order valence-electron chi connectivity index (χ0n) is 18.5. The molecule has 2 aliphatic rings. The molecule has 3 rings (SSSR count). The zero-order chi connectivity index (χ0) is 21.0. The molecule has 1 N–H and O–H groups in total. The van der Waals surface area contributed by atoms with Crippen LogP contribution in [-0.2, 0) is 0 Å². The second-order valence-corrected chi connectivity index (χ2v) is 9.56. The first-order valence-corrected chi connectivity index (χ1v) is 11.2. The fraction of sp³-hybridized carbons (Fsp3) is 0.667. The van der Waals surface area contributed by atoms with Gasteiger partial charge in [0, 0.05) is 49.4 Å². The molecule has 160 valence electrons. The Labute approximate surface area is 175 Å². The highest BCUT2D eigenvalue weighted by atomic mass is 16.2. The lowest BCUT2D eigenvalue weighted by molar-refractivity contribution is 0.0825. The third-order valence-corrected chi connectivity index (χ3v) is 6.53. The van der Waals surface area contributed by atoms with E-state index in [0.29, 0.717) is 11.6 Å². The molecule has 0 radical (unpaired) electrons. The molecule has 1 saturated carbocycles. The van der Waals surface area contributed by atoms with Gasteiger partial charge < -0.3 is 15.1 Å². The average molecular weight is 400 g/mol. The third kappa shape index (κ3) is 5.81. The number of likely N-dealkylation sites (tertiary alicyclic amines) is 1. The summed E-state index contributed by atoms with van der Waals surface area (Å²) in [5.41, 5.74) is 1.09. The van der Waals surface area contributed by atoms with E-state index in [2.05, 4.69) is 17.1 Å². The highest BCUT2D eigenvalue weighted by Crippen LogP contribution is 2.31. The van der Waals surface area contributed by atoms with Crippen molar-refractivity contribution < 1.29 is 9.59 Å². The van der Waals surface area contributed by atoms with Crippen LogP contribution in [0.5, 0.6) is 0 Å². The van der Waals surface area contributed by atoms with Gasteiger partial charge in [0.15, 0.2) is 5.78 Å². The molecule has 0 bridgehead atoms. The second kappa shape index (κ2) is 9.29. The quantitative estimate of drug-likeness (QED) is 0.624. The van der Waals surface area contributed by atoms with Gasteiger partial charge in [-0.25, -0.2) is 4.79 Å². The predicted octanol–water partition coefficient (Wildman–Crippen LogP) is 5.03. The molecule has 2 fully saturated rings. The van der Waals surface area contributed by atoms with Crippen molar-refractivity contribution in [2.45, 2.75) is 65.3 Å². The molecular weight excluding hydrogens is 362 g/mol. The first-order chi connectivity index (χ1) is 13.8. The largest absolute Gasteiger partial charge is 0.325 e. The van der Waals surface area contributed by atoms with Crippen molar-refractivity contribution >= 4 is 17.5 Å². The van der Waals surface area contributed by atoms with Crippen LogP contribution in [0.15, 0.2) is 24.3 Å². The number of nitrogens with one attached hydrogen (secondary N) is 1. The van der Waals surface area contributed by atoms with E-state index in [1.807, 2.05) is 50.1 Å². The van der Waals surface area contributed by atoms with E-state index < -0.39 is 0 Å². The van der Waals surface area contributed by atoms with Crippen molar-refractivity contribution in [2.75, 3.05) is 32.0 Å². The first-order valence-electron chi connectivity index (χ1n) is 11.2. The van der Waals surface area contributed by atoms with E-state index >= 15 is 0 Å². The minimum Gasteiger partial charge on any atom is -0.325 e. The molecule has 0 aromatic heterocycles. The van der Waals surface area contributed by atoms with Crippen LogP contribution in [0.2, 0.25) is 0 Å². The Hall–Kier alpha value is -1.88. The summed E-state index contributed by atoms with van der Waals surface area (Å²) in [4.78, 5) is 29.8. The summed E-state index contributed by atoms with van der Waals surface area (Å²) < 4.78 is 0. The van der Waals surface area contributed by atoms with E-state index in [1.54, 1.807) is 0 Å². The topological polar surface area (TPSA) is 52.7 Å². The Morgan fingerprint density at radius 2 is 1.72 bits per heavy atom. The van der Waals surface area contributed by atoms with Crippen LogP contribution in [-0.4, -0.2) is 54.3 Å². The normalized spacial score (nSPS) is 18.5. The van der Waals surface area contributed by atoms with Crippen LogP contribution >= 0.6 is 0 Å². The number of amides is 2. The van der Waals surface area contributed by atoms with Crippen LogP contribution in [0.1, 0.15) is 69.7 Å². The molecule has 2 amide bonds. The van der Waals surface area contributed by atoms with Crippen molar-refractivity contribution in [2.24, 2.45) is 11.3 Å². The maximum atomic E-state index is 12.7. The first kappa shape index (κ1) is 21.8. The lowest BCUT2D eigenvalue weighted by atomic mass is 9.80. The van der Waals surface area contributed by atoms with Crippen LogP contribution < -0.4 is 5.32 Å².